The molecule has 146 valence electrons. The second kappa shape index (κ2) is 8.29. The number of rotatable bonds is 5. The average molecular weight is 448 g/mol. The molecular weight excluding hydrogens is 435 g/mol. The summed E-state index contributed by atoms with van der Waals surface area (Å²) in [6, 6.07) is 16.1. The van der Waals surface area contributed by atoms with E-state index in [1.165, 1.54) is 0 Å². The van der Waals surface area contributed by atoms with E-state index in [9.17, 15) is 4.79 Å². The van der Waals surface area contributed by atoms with Gasteiger partial charge in [-0.15, -0.1) is 0 Å². The van der Waals surface area contributed by atoms with Gasteiger partial charge in [0.2, 0.25) is 0 Å². The Morgan fingerprint density at radius 2 is 1.83 bits per heavy atom. The molecule has 0 unspecified atom stereocenters. The number of anilines is 1. The largest absolute Gasteiger partial charge is 0.355 e. The third-order valence-electron chi connectivity index (χ3n) is 4.10. The molecule has 0 fully saturated rings. The van der Waals surface area contributed by atoms with E-state index < -0.39 is 5.91 Å². The van der Waals surface area contributed by atoms with E-state index in [1.54, 1.807) is 35.1 Å². The molecule has 0 bridgehead atoms. The van der Waals surface area contributed by atoms with E-state index in [4.69, 9.17) is 39.3 Å². The second-order valence-corrected chi connectivity index (χ2v) is 7.41. The summed E-state index contributed by atoms with van der Waals surface area (Å²) in [5, 5.41) is 12.1. The van der Waals surface area contributed by atoms with Crippen LogP contribution in [-0.2, 0) is 6.54 Å². The van der Waals surface area contributed by atoms with Gasteiger partial charge in [0.15, 0.2) is 17.3 Å². The van der Waals surface area contributed by atoms with E-state index in [1.807, 2.05) is 30.3 Å². The van der Waals surface area contributed by atoms with E-state index in [0.717, 1.165) is 11.1 Å². The van der Waals surface area contributed by atoms with Crippen molar-refractivity contribution in [2.75, 3.05) is 5.32 Å². The molecule has 0 aliphatic carbocycles. The van der Waals surface area contributed by atoms with Crippen molar-refractivity contribution in [1.82, 2.24) is 14.9 Å². The van der Waals surface area contributed by atoms with E-state index in [2.05, 4.69) is 15.6 Å². The summed E-state index contributed by atoms with van der Waals surface area (Å²) in [5.41, 5.74) is 1.76. The van der Waals surface area contributed by atoms with Crippen LogP contribution in [0, 0.1) is 0 Å². The van der Waals surface area contributed by atoms with Gasteiger partial charge in [-0.3, -0.25) is 9.48 Å². The Bertz CT molecular complexity index is 1170. The second-order valence-electron chi connectivity index (χ2n) is 6.16. The Hall–Kier alpha value is -2.80. The van der Waals surface area contributed by atoms with Gasteiger partial charge in [0.1, 0.15) is 5.02 Å². The number of halogens is 3. The molecule has 29 heavy (non-hydrogen) atoms. The first-order valence-electron chi connectivity index (χ1n) is 8.50. The molecule has 0 radical (unpaired) electrons. The number of amides is 1. The zero-order valence-electron chi connectivity index (χ0n) is 14.8. The van der Waals surface area contributed by atoms with Crippen LogP contribution in [0.5, 0.6) is 0 Å². The lowest BCUT2D eigenvalue weighted by Gasteiger charge is -2.05. The summed E-state index contributed by atoms with van der Waals surface area (Å²) in [6.07, 6.45) is 1.60. The predicted octanol–water partition coefficient (Wildman–Crippen LogP) is 5.80. The van der Waals surface area contributed by atoms with Gasteiger partial charge < -0.3 is 9.84 Å². The lowest BCUT2D eigenvalue weighted by Crippen LogP contribution is -2.13. The molecular formula is C20H13Cl3N4O2. The Morgan fingerprint density at radius 3 is 2.59 bits per heavy atom. The van der Waals surface area contributed by atoms with Crippen LogP contribution in [-0.4, -0.2) is 20.8 Å². The minimum Gasteiger partial charge on any atom is -0.355 e. The number of benzene rings is 2. The van der Waals surface area contributed by atoms with Gasteiger partial charge in [-0.1, -0.05) is 76.4 Å². The monoisotopic (exact) mass is 446 g/mol. The fraction of sp³-hybridized carbons (Fsp3) is 0.0500. The maximum Gasteiger partial charge on any atom is 0.279 e. The number of hydrogen-bond donors (Lipinski definition) is 1. The molecule has 9 heteroatoms. The quantitative estimate of drug-likeness (QED) is 0.420. The summed E-state index contributed by atoms with van der Waals surface area (Å²) in [7, 11) is 0. The molecule has 0 atom stereocenters. The van der Waals surface area contributed by atoms with Gasteiger partial charge in [-0.25, -0.2) is 0 Å². The van der Waals surface area contributed by atoms with Crippen molar-refractivity contribution in [3.8, 4) is 11.3 Å². The minimum atomic E-state index is -0.479. The number of carbonyl (C=O) groups excluding carboxylic acids is 1. The predicted molar refractivity (Wildman–Crippen MR) is 113 cm³/mol. The number of hydrogen-bond acceptors (Lipinski definition) is 4. The van der Waals surface area contributed by atoms with Gasteiger partial charge in [0.25, 0.3) is 5.91 Å². The van der Waals surface area contributed by atoms with E-state index in [-0.39, 0.29) is 16.5 Å². The third kappa shape index (κ3) is 4.45. The van der Waals surface area contributed by atoms with Crippen molar-refractivity contribution in [3.63, 3.8) is 0 Å². The van der Waals surface area contributed by atoms with Crippen molar-refractivity contribution in [2.45, 2.75) is 6.54 Å². The molecule has 2 aromatic carbocycles. The van der Waals surface area contributed by atoms with Crippen molar-refractivity contribution in [1.29, 1.82) is 0 Å². The first-order chi connectivity index (χ1) is 14.0. The molecule has 2 heterocycles. The van der Waals surface area contributed by atoms with E-state index >= 15 is 0 Å². The van der Waals surface area contributed by atoms with Crippen LogP contribution in [0.25, 0.3) is 11.3 Å². The highest BCUT2D eigenvalue weighted by atomic mass is 35.5. The Kier molecular flexibility index (Phi) is 5.58. The minimum absolute atomic E-state index is 0.121. The zero-order valence-corrected chi connectivity index (χ0v) is 17.0. The highest BCUT2D eigenvalue weighted by Crippen LogP contribution is 2.25. The molecule has 6 nitrogen and oxygen atoms in total. The standard InChI is InChI=1S/C20H13Cl3N4O2/c21-14-7-6-13(15(22)8-14)10-27-11-16(23)19(25-27)24-20(28)17-9-18(29-26-17)12-4-2-1-3-5-12/h1-9,11H,10H2,(H,24,25,28). The van der Waals surface area contributed by atoms with Crippen LogP contribution in [0.2, 0.25) is 15.1 Å². The Labute approximate surface area is 181 Å². The molecule has 4 rings (SSSR count). The molecule has 0 saturated carbocycles. The lowest BCUT2D eigenvalue weighted by molar-refractivity contribution is 0.101. The summed E-state index contributed by atoms with van der Waals surface area (Å²) in [5.74, 6) is 0.225. The third-order valence-corrected chi connectivity index (χ3v) is 4.96. The first kappa shape index (κ1) is 19.5. The Balaban J connectivity index is 1.48. The summed E-state index contributed by atoms with van der Waals surface area (Å²) >= 11 is 18.3. The number of aromatic nitrogens is 3. The maximum atomic E-state index is 12.5. The topological polar surface area (TPSA) is 73.0 Å². The van der Waals surface area contributed by atoms with Crippen molar-refractivity contribution < 1.29 is 9.32 Å². The molecule has 0 spiro atoms. The molecule has 1 N–H and O–H groups in total. The normalized spacial score (nSPS) is 10.9. The van der Waals surface area contributed by atoms with Crippen LogP contribution in [0.1, 0.15) is 16.1 Å². The van der Waals surface area contributed by atoms with Crippen LogP contribution in [0.4, 0.5) is 5.82 Å². The van der Waals surface area contributed by atoms with Gasteiger partial charge in [-0.05, 0) is 17.7 Å². The molecule has 4 aromatic rings. The first-order valence-corrected chi connectivity index (χ1v) is 9.63. The number of nitrogens with one attached hydrogen (secondary N) is 1. The SMILES string of the molecule is O=C(Nc1nn(Cc2ccc(Cl)cc2Cl)cc1Cl)c1cc(-c2ccccc2)on1. The Morgan fingerprint density at radius 1 is 1.03 bits per heavy atom. The molecule has 1 amide bonds. The fourth-order valence-electron chi connectivity index (χ4n) is 2.68. The summed E-state index contributed by atoms with van der Waals surface area (Å²) in [4.78, 5) is 12.5. The average Bonchev–Trinajstić information content (AvgIpc) is 3.32. The van der Waals surface area contributed by atoms with Crippen molar-refractivity contribution in [3.05, 3.63) is 87.1 Å². The summed E-state index contributed by atoms with van der Waals surface area (Å²) < 4.78 is 6.83. The highest BCUT2D eigenvalue weighted by molar-refractivity contribution is 6.35. The number of carbonyl (C=O) groups is 1. The van der Waals surface area contributed by atoms with Crippen LogP contribution < -0.4 is 5.32 Å². The molecule has 0 saturated heterocycles. The van der Waals surface area contributed by atoms with Crippen LogP contribution in [0.3, 0.4) is 0 Å². The van der Waals surface area contributed by atoms with Crippen LogP contribution >= 0.6 is 34.8 Å². The van der Waals surface area contributed by atoms with Gasteiger partial charge >= 0.3 is 0 Å². The lowest BCUT2D eigenvalue weighted by atomic mass is 10.1. The van der Waals surface area contributed by atoms with Gasteiger partial charge in [0.05, 0.1) is 6.54 Å². The highest BCUT2D eigenvalue weighted by Gasteiger charge is 2.17. The molecule has 0 aliphatic heterocycles. The van der Waals surface area contributed by atoms with Crippen molar-refractivity contribution >= 4 is 46.5 Å². The number of nitrogens with zero attached hydrogens (tertiary/aromatic N) is 3. The smallest absolute Gasteiger partial charge is 0.279 e. The molecule has 2 aromatic heterocycles. The van der Waals surface area contributed by atoms with Crippen LogP contribution in [0.15, 0.2) is 65.3 Å². The molecule has 0 aliphatic rings. The fourth-order valence-corrected chi connectivity index (χ4v) is 3.35. The van der Waals surface area contributed by atoms with Crippen molar-refractivity contribution in [2.24, 2.45) is 0 Å². The van der Waals surface area contributed by atoms with Gasteiger partial charge in [-0.2, -0.15) is 5.10 Å². The zero-order chi connectivity index (χ0) is 20.4. The maximum absolute atomic E-state index is 12.5. The van der Waals surface area contributed by atoms with E-state index in [0.29, 0.717) is 22.4 Å². The van der Waals surface area contributed by atoms with Gasteiger partial charge in [0, 0.05) is 27.9 Å². The summed E-state index contributed by atoms with van der Waals surface area (Å²) in [6.45, 7) is 0.369.